The molecule has 5 rings (SSSR count). The highest BCUT2D eigenvalue weighted by atomic mass is 19.1. The van der Waals surface area contributed by atoms with Crippen molar-refractivity contribution < 1.29 is 14.3 Å². The number of nitrogens with zero attached hydrogens (tertiary/aromatic N) is 2. The number of halogens is 1. The molecule has 0 unspecified atom stereocenters. The molecule has 2 aromatic carbocycles. The quantitative estimate of drug-likeness (QED) is 0.389. The van der Waals surface area contributed by atoms with Gasteiger partial charge in [-0.1, -0.05) is 13.0 Å². The molecule has 1 amide bonds. The maximum absolute atomic E-state index is 15.0. The molecule has 1 saturated heterocycles. The van der Waals surface area contributed by atoms with Gasteiger partial charge in [0.2, 0.25) is 0 Å². The minimum absolute atomic E-state index is 0.0758. The zero-order valence-corrected chi connectivity index (χ0v) is 23.0. The van der Waals surface area contributed by atoms with Crippen LogP contribution in [0.25, 0.3) is 21.9 Å². The Hall–Kier alpha value is -3.07. The summed E-state index contributed by atoms with van der Waals surface area (Å²) in [6.45, 7) is 9.29. The summed E-state index contributed by atoms with van der Waals surface area (Å²) >= 11 is 0. The molecule has 0 atom stereocenters. The highest BCUT2D eigenvalue weighted by Gasteiger charge is 2.42. The van der Waals surface area contributed by atoms with Crippen LogP contribution >= 0.6 is 0 Å². The topological polar surface area (TPSA) is 86.6 Å². The van der Waals surface area contributed by atoms with E-state index in [1.807, 2.05) is 31.3 Å². The first-order chi connectivity index (χ1) is 18.8. The van der Waals surface area contributed by atoms with Crippen molar-refractivity contribution in [2.45, 2.75) is 52.6 Å². The predicted molar refractivity (Wildman–Crippen MR) is 152 cm³/mol. The Kier molecular flexibility index (Phi) is 8.16. The number of aliphatic hydroxyl groups is 1. The van der Waals surface area contributed by atoms with Crippen molar-refractivity contribution >= 4 is 16.7 Å². The van der Waals surface area contributed by atoms with Gasteiger partial charge in [-0.2, -0.15) is 0 Å². The van der Waals surface area contributed by atoms with Crippen LogP contribution < -0.4 is 16.2 Å². The van der Waals surface area contributed by atoms with Gasteiger partial charge in [0.25, 0.3) is 11.5 Å². The molecule has 7 nitrogen and oxygen atoms in total. The molecule has 0 spiro atoms. The van der Waals surface area contributed by atoms with E-state index in [9.17, 15) is 19.1 Å². The summed E-state index contributed by atoms with van der Waals surface area (Å²) in [6.07, 6.45) is 5.66. The molecule has 208 valence electrons. The maximum Gasteiger partial charge on any atom is 0.258 e. The number of amides is 1. The molecule has 2 heterocycles. The largest absolute Gasteiger partial charge is 0.396 e. The van der Waals surface area contributed by atoms with Gasteiger partial charge in [0.15, 0.2) is 0 Å². The van der Waals surface area contributed by atoms with Crippen LogP contribution in [0.2, 0.25) is 0 Å². The monoisotopic (exact) mass is 534 g/mol. The summed E-state index contributed by atoms with van der Waals surface area (Å²) in [6, 6.07) is 8.68. The van der Waals surface area contributed by atoms with Crippen LogP contribution in [0.5, 0.6) is 0 Å². The Balaban J connectivity index is 1.60. The summed E-state index contributed by atoms with van der Waals surface area (Å²) < 4.78 is 16.8. The fourth-order valence-electron chi connectivity index (χ4n) is 5.53. The number of pyridine rings is 1. The molecular weight excluding hydrogens is 495 g/mol. The fourth-order valence-corrected chi connectivity index (χ4v) is 5.53. The molecule has 2 fully saturated rings. The number of carbonyl (C=O) groups excluding carboxylic acids is 1. The normalized spacial score (nSPS) is 17.2. The molecular formula is C31H39FN4O3. The van der Waals surface area contributed by atoms with Gasteiger partial charge >= 0.3 is 0 Å². The van der Waals surface area contributed by atoms with Gasteiger partial charge in [-0.05, 0) is 97.6 Å². The lowest BCUT2D eigenvalue weighted by Gasteiger charge is -2.23. The molecule has 3 aromatic rings. The summed E-state index contributed by atoms with van der Waals surface area (Å²) in [5.41, 5.74) is 2.93. The van der Waals surface area contributed by atoms with E-state index in [1.54, 1.807) is 17.6 Å². The van der Waals surface area contributed by atoms with E-state index in [2.05, 4.69) is 15.5 Å². The third-order valence-corrected chi connectivity index (χ3v) is 8.25. The Labute approximate surface area is 229 Å². The van der Waals surface area contributed by atoms with E-state index in [1.165, 1.54) is 6.07 Å². The zero-order chi connectivity index (χ0) is 27.6. The molecule has 0 radical (unpaired) electrons. The van der Waals surface area contributed by atoms with Crippen LogP contribution in [0, 0.1) is 18.2 Å². The molecule has 8 heteroatoms. The SMILES string of the molecule is CCCNC(=O)c1cc(F)c(C)c(-c2ccc3c(=O)n(CC4(CO)CC4)cc(CN4CCCNCC4)c3c2)c1. The van der Waals surface area contributed by atoms with Crippen molar-refractivity contribution in [2.75, 3.05) is 39.3 Å². The number of hydrogen-bond donors (Lipinski definition) is 3. The Bertz CT molecular complexity index is 1420. The predicted octanol–water partition coefficient (Wildman–Crippen LogP) is 3.82. The molecule has 1 aliphatic heterocycles. The lowest BCUT2D eigenvalue weighted by molar-refractivity contribution is 0.0953. The summed E-state index contributed by atoms with van der Waals surface area (Å²) in [4.78, 5) is 28.7. The third-order valence-electron chi connectivity index (χ3n) is 8.25. The minimum atomic E-state index is -0.430. The average molecular weight is 535 g/mol. The van der Waals surface area contributed by atoms with Gasteiger partial charge < -0.3 is 20.3 Å². The molecule has 1 saturated carbocycles. The van der Waals surface area contributed by atoms with E-state index in [0.717, 1.165) is 68.4 Å². The highest BCUT2D eigenvalue weighted by Crippen LogP contribution is 2.46. The van der Waals surface area contributed by atoms with Gasteiger partial charge in [-0.3, -0.25) is 14.5 Å². The minimum Gasteiger partial charge on any atom is -0.396 e. The Morgan fingerprint density at radius 2 is 1.97 bits per heavy atom. The standard InChI is InChI=1S/C31H39FN4O3/c1-3-9-34-29(38)23-15-26(21(2)28(32)16-23)22-5-6-25-27(14-22)24(17-35-12-4-10-33-11-13-35)18-36(30(25)39)19-31(20-37)7-8-31/h5-6,14-16,18,33,37H,3-4,7-13,17,19-20H2,1-2H3,(H,34,38). The van der Waals surface area contributed by atoms with E-state index >= 15 is 0 Å². The first-order valence-electron chi connectivity index (χ1n) is 14.1. The lowest BCUT2D eigenvalue weighted by atomic mass is 9.94. The number of nitrogens with one attached hydrogen (secondary N) is 2. The Morgan fingerprint density at radius 1 is 1.15 bits per heavy atom. The van der Waals surface area contributed by atoms with Crippen LogP contribution in [0.4, 0.5) is 4.39 Å². The number of hydrogen-bond acceptors (Lipinski definition) is 5. The number of rotatable bonds is 9. The molecule has 3 N–H and O–H groups in total. The van der Waals surface area contributed by atoms with Gasteiger partial charge in [-0.15, -0.1) is 0 Å². The van der Waals surface area contributed by atoms with E-state index in [4.69, 9.17) is 0 Å². The van der Waals surface area contributed by atoms with Crippen LogP contribution in [0.1, 0.15) is 54.1 Å². The van der Waals surface area contributed by atoms with Gasteiger partial charge in [-0.25, -0.2) is 4.39 Å². The van der Waals surface area contributed by atoms with E-state index < -0.39 is 5.82 Å². The smallest absolute Gasteiger partial charge is 0.258 e. The van der Waals surface area contributed by atoms with E-state index in [0.29, 0.717) is 36.1 Å². The van der Waals surface area contributed by atoms with Crippen LogP contribution in [0.3, 0.4) is 0 Å². The van der Waals surface area contributed by atoms with Gasteiger partial charge in [0, 0.05) is 55.3 Å². The first kappa shape index (κ1) is 27.5. The second-order valence-electron chi connectivity index (χ2n) is 11.3. The molecule has 1 aliphatic carbocycles. The van der Waals surface area contributed by atoms with Gasteiger partial charge in [0.1, 0.15) is 5.82 Å². The molecule has 1 aromatic heterocycles. The van der Waals surface area contributed by atoms with Crippen molar-refractivity contribution in [1.82, 2.24) is 20.1 Å². The average Bonchev–Trinajstić information content (AvgIpc) is 3.76. The highest BCUT2D eigenvalue weighted by molar-refractivity contribution is 5.96. The summed E-state index contributed by atoms with van der Waals surface area (Å²) in [5.74, 6) is -0.727. The number of aromatic nitrogens is 1. The second-order valence-corrected chi connectivity index (χ2v) is 11.3. The number of carbonyl (C=O) groups is 1. The Morgan fingerprint density at radius 3 is 2.72 bits per heavy atom. The van der Waals surface area contributed by atoms with E-state index in [-0.39, 0.29) is 29.1 Å². The third kappa shape index (κ3) is 5.93. The van der Waals surface area contributed by atoms with Crippen molar-refractivity contribution in [3.05, 3.63) is 69.4 Å². The van der Waals surface area contributed by atoms with Crippen LogP contribution in [-0.4, -0.2) is 59.8 Å². The van der Waals surface area contributed by atoms with Crippen molar-refractivity contribution in [2.24, 2.45) is 5.41 Å². The lowest BCUT2D eigenvalue weighted by Crippen LogP contribution is -2.30. The molecule has 0 bridgehead atoms. The van der Waals surface area contributed by atoms with Crippen molar-refractivity contribution in [3.63, 3.8) is 0 Å². The van der Waals surface area contributed by atoms with Crippen molar-refractivity contribution in [3.8, 4) is 11.1 Å². The number of aliphatic hydroxyl groups excluding tert-OH is 1. The summed E-state index contributed by atoms with van der Waals surface area (Å²) in [7, 11) is 0. The van der Waals surface area contributed by atoms with Gasteiger partial charge in [0.05, 0.1) is 6.61 Å². The maximum atomic E-state index is 15.0. The number of benzene rings is 2. The van der Waals surface area contributed by atoms with Crippen LogP contribution in [-0.2, 0) is 13.1 Å². The van der Waals surface area contributed by atoms with Crippen molar-refractivity contribution in [1.29, 1.82) is 0 Å². The number of fused-ring (bicyclic) bond motifs is 1. The summed E-state index contributed by atoms with van der Waals surface area (Å²) in [5, 5.41) is 17.7. The fraction of sp³-hybridized carbons (Fsp3) is 0.484. The first-order valence-corrected chi connectivity index (χ1v) is 14.1. The molecule has 2 aliphatic rings. The second kappa shape index (κ2) is 11.6. The zero-order valence-electron chi connectivity index (χ0n) is 23.0. The van der Waals surface area contributed by atoms with Crippen LogP contribution in [0.15, 0.2) is 41.3 Å². The molecule has 39 heavy (non-hydrogen) atoms.